The van der Waals surface area contributed by atoms with Crippen LogP contribution in [0, 0.1) is 17.8 Å². The molecule has 9 heteroatoms. The average Bonchev–Trinajstić information content (AvgIpc) is 2.63. The Kier molecular flexibility index (Phi) is 3.91. The first-order valence-electron chi connectivity index (χ1n) is 8.97. The summed E-state index contributed by atoms with van der Waals surface area (Å²) in [5, 5.41) is 52.9. The highest BCUT2D eigenvalue weighted by Gasteiger charge is 2.58. The van der Waals surface area contributed by atoms with Crippen LogP contribution in [0.25, 0.3) is 0 Å². The largest absolute Gasteiger partial charge is 0.511 e. The second-order valence-electron chi connectivity index (χ2n) is 7.84. The van der Waals surface area contributed by atoms with Gasteiger partial charge in [-0.25, -0.2) is 0 Å². The fraction of sp³-hybridized carbons (Fsp3) is 0.350. The maximum absolute atomic E-state index is 13.1. The van der Waals surface area contributed by atoms with Crippen molar-refractivity contribution >= 4 is 17.5 Å². The lowest BCUT2D eigenvalue weighted by atomic mass is 9.57. The van der Waals surface area contributed by atoms with Crippen molar-refractivity contribution in [3.8, 4) is 5.75 Å². The van der Waals surface area contributed by atoms with Crippen molar-refractivity contribution in [2.45, 2.75) is 25.0 Å². The smallest absolute Gasteiger partial charge is 0.255 e. The molecule has 1 amide bonds. The third kappa shape index (κ3) is 2.31. The molecule has 0 heterocycles. The molecule has 4 unspecified atom stereocenters. The summed E-state index contributed by atoms with van der Waals surface area (Å²) in [4.78, 5) is 37.5. The summed E-state index contributed by atoms with van der Waals surface area (Å²) < 4.78 is 0. The second-order valence-corrected chi connectivity index (χ2v) is 7.84. The lowest BCUT2D eigenvalue weighted by molar-refractivity contribution is -0.130. The molecule has 0 fully saturated rings. The number of hydrogen-bond acceptors (Lipinski definition) is 8. The Hall–Kier alpha value is -3.17. The number of carbonyl (C=O) groups excluding carboxylic acids is 3. The molecule has 0 spiro atoms. The van der Waals surface area contributed by atoms with Crippen LogP contribution < -0.4 is 5.73 Å². The van der Waals surface area contributed by atoms with Gasteiger partial charge >= 0.3 is 0 Å². The van der Waals surface area contributed by atoms with Crippen LogP contribution in [0.2, 0.25) is 0 Å². The van der Waals surface area contributed by atoms with E-state index in [2.05, 4.69) is 0 Å². The van der Waals surface area contributed by atoms with Gasteiger partial charge in [0.2, 0.25) is 0 Å². The number of aliphatic hydroxyl groups is 4. The van der Waals surface area contributed by atoms with Crippen LogP contribution in [0.15, 0.2) is 40.9 Å². The predicted octanol–water partition coefficient (Wildman–Crippen LogP) is 0.101. The fourth-order valence-corrected chi connectivity index (χ4v) is 4.89. The zero-order chi connectivity index (χ0) is 21.4. The van der Waals surface area contributed by atoms with E-state index in [4.69, 9.17) is 5.73 Å². The Morgan fingerprint density at radius 2 is 1.83 bits per heavy atom. The Labute approximate surface area is 164 Å². The van der Waals surface area contributed by atoms with E-state index in [0.29, 0.717) is 0 Å². The number of allylic oxidation sites excluding steroid dienone is 1. The minimum Gasteiger partial charge on any atom is -0.511 e. The summed E-state index contributed by atoms with van der Waals surface area (Å²) in [5.41, 5.74) is 2.28. The molecule has 29 heavy (non-hydrogen) atoms. The van der Waals surface area contributed by atoms with Crippen LogP contribution in [0.3, 0.4) is 0 Å². The van der Waals surface area contributed by atoms with Gasteiger partial charge < -0.3 is 31.3 Å². The standard InChI is InChI=1S/C20H19NO8/c1-20(29)7-3-2-4-9(22)11(7)17(26)12-8(20)5-6-10(15(12)24)16(25)13(19(21)28)18(27)14(6)23/h2-4,6,8,10,14,22-24,27,29H,5H2,1H3,(H2,21,28)/t6?,8?,10?,14?,20-/m1/s1. The van der Waals surface area contributed by atoms with E-state index in [1.165, 1.54) is 25.1 Å². The number of rotatable bonds is 1. The van der Waals surface area contributed by atoms with E-state index < -0.39 is 64.0 Å². The first-order chi connectivity index (χ1) is 13.5. The number of aromatic hydroxyl groups is 1. The SMILES string of the molecule is C[C@@]1(O)c2cccc(O)c2C(=O)C2=C(O)C3C(=O)C(C(N)=O)=C(O)C(O)C3CC21. The monoisotopic (exact) mass is 401 g/mol. The van der Waals surface area contributed by atoms with Gasteiger partial charge in [0.25, 0.3) is 5.91 Å². The van der Waals surface area contributed by atoms with E-state index in [9.17, 15) is 39.9 Å². The first kappa shape index (κ1) is 19.2. The van der Waals surface area contributed by atoms with E-state index in [0.717, 1.165) is 0 Å². The van der Waals surface area contributed by atoms with Gasteiger partial charge in [-0.05, 0) is 25.0 Å². The first-order valence-corrected chi connectivity index (χ1v) is 8.97. The molecule has 0 bridgehead atoms. The highest BCUT2D eigenvalue weighted by molar-refractivity contribution is 6.22. The molecule has 0 aromatic heterocycles. The van der Waals surface area contributed by atoms with Crippen LogP contribution in [-0.4, -0.2) is 49.1 Å². The van der Waals surface area contributed by atoms with Gasteiger partial charge in [-0.3, -0.25) is 14.4 Å². The third-order valence-electron chi connectivity index (χ3n) is 6.31. The number of ketones is 2. The van der Waals surface area contributed by atoms with Gasteiger partial charge in [-0.1, -0.05) is 12.1 Å². The number of carbonyl (C=O) groups is 3. The van der Waals surface area contributed by atoms with Gasteiger partial charge in [0.1, 0.15) is 28.9 Å². The van der Waals surface area contributed by atoms with E-state index in [1.54, 1.807) is 0 Å². The van der Waals surface area contributed by atoms with Crippen molar-refractivity contribution in [2.24, 2.45) is 23.5 Å². The Bertz CT molecular complexity index is 1050. The maximum Gasteiger partial charge on any atom is 0.255 e. The van der Waals surface area contributed by atoms with E-state index in [1.807, 2.05) is 0 Å². The molecular weight excluding hydrogens is 382 g/mol. The lowest BCUT2D eigenvalue weighted by Crippen LogP contribution is -2.52. The normalized spacial score (nSPS) is 33.9. The summed E-state index contributed by atoms with van der Waals surface area (Å²) in [5.74, 6) is -8.61. The number of hydrogen-bond donors (Lipinski definition) is 6. The number of amides is 1. The number of Topliss-reactive ketones (excluding diaryl/α,β-unsaturated/α-hetero) is 2. The van der Waals surface area contributed by atoms with Crippen LogP contribution in [0.4, 0.5) is 0 Å². The minimum atomic E-state index is -1.72. The fourth-order valence-electron chi connectivity index (χ4n) is 4.89. The Balaban J connectivity index is 1.97. The van der Waals surface area contributed by atoms with Crippen LogP contribution in [0.1, 0.15) is 29.3 Å². The van der Waals surface area contributed by atoms with Crippen molar-refractivity contribution in [3.05, 3.63) is 52.0 Å². The number of benzene rings is 1. The molecule has 5 atom stereocenters. The zero-order valence-electron chi connectivity index (χ0n) is 15.3. The van der Waals surface area contributed by atoms with Crippen LogP contribution in [-0.2, 0) is 15.2 Å². The van der Waals surface area contributed by atoms with Crippen molar-refractivity contribution < 1.29 is 39.9 Å². The van der Waals surface area contributed by atoms with Crippen molar-refractivity contribution in [2.75, 3.05) is 0 Å². The number of fused-ring (bicyclic) bond motifs is 3. The number of phenols is 1. The molecule has 0 saturated heterocycles. The van der Waals surface area contributed by atoms with Crippen molar-refractivity contribution in [1.82, 2.24) is 0 Å². The van der Waals surface area contributed by atoms with Gasteiger partial charge in [0.15, 0.2) is 11.6 Å². The molecule has 1 aromatic carbocycles. The maximum atomic E-state index is 13.1. The average molecular weight is 401 g/mol. The number of nitrogens with two attached hydrogens (primary N) is 1. The third-order valence-corrected chi connectivity index (χ3v) is 6.31. The Morgan fingerprint density at radius 1 is 1.17 bits per heavy atom. The summed E-state index contributed by atoms with van der Waals surface area (Å²) in [6.45, 7) is 1.40. The quantitative estimate of drug-likeness (QED) is 0.359. The van der Waals surface area contributed by atoms with Crippen molar-refractivity contribution in [3.63, 3.8) is 0 Å². The molecule has 3 aliphatic carbocycles. The topological polar surface area (TPSA) is 178 Å². The van der Waals surface area contributed by atoms with Gasteiger partial charge in [-0.2, -0.15) is 0 Å². The van der Waals surface area contributed by atoms with E-state index >= 15 is 0 Å². The lowest BCUT2D eigenvalue weighted by Gasteiger charge is -2.47. The predicted molar refractivity (Wildman–Crippen MR) is 96.6 cm³/mol. The minimum absolute atomic E-state index is 0.138. The molecule has 7 N–H and O–H groups in total. The Morgan fingerprint density at radius 3 is 2.45 bits per heavy atom. The molecule has 0 radical (unpaired) electrons. The van der Waals surface area contributed by atoms with Crippen LogP contribution in [0.5, 0.6) is 5.75 Å². The number of primary amides is 1. The van der Waals surface area contributed by atoms with Crippen LogP contribution >= 0.6 is 0 Å². The summed E-state index contributed by atoms with van der Waals surface area (Å²) in [7, 11) is 0. The van der Waals surface area contributed by atoms with Crippen molar-refractivity contribution in [1.29, 1.82) is 0 Å². The van der Waals surface area contributed by atoms with Gasteiger partial charge in [-0.15, -0.1) is 0 Å². The second kappa shape index (κ2) is 5.91. The summed E-state index contributed by atoms with van der Waals surface area (Å²) >= 11 is 0. The molecule has 1 aromatic rings. The molecule has 0 saturated carbocycles. The van der Waals surface area contributed by atoms with Gasteiger partial charge in [0.05, 0.1) is 17.1 Å². The molecule has 9 nitrogen and oxygen atoms in total. The number of phenolic OH excluding ortho intramolecular Hbond substituents is 1. The highest BCUT2D eigenvalue weighted by Crippen LogP contribution is 2.54. The zero-order valence-corrected chi connectivity index (χ0v) is 15.3. The number of aliphatic hydroxyl groups excluding tert-OH is 3. The van der Waals surface area contributed by atoms with Gasteiger partial charge in [0, 0.05) is 17.4 Å². The molecule has 4 rings (SSSR count). The summed E-state index contributed by atoms with van der Waals surface area (Å²) in [6.07, 6.45) is -1.83. The summed E-state index contributed by atoms with van der Waals surface area (Å²) in [6, 6.07) is 4.19. The molecular formula is C20H19NO8. The molecule has 152 valence electrons. The highest BCUT2D eigenvalue weighted by atomic mass is 16.3. The molecule has 3 aliphatic rings. The van der Waals surface area contributed by atoms with E-state index in [-0.39, 0.29) is 28.9 Å². The molecule has 0 aliphatic heterocycles.